The van der Waals surface area contributed by atoms with Gasteiger partial charge in [-0.25, -0.2) is 0 Å². The minimum absolute atomic E-state index is 0.0380. The number of amides is 1. The Bertz CT molecular complexity index is 1000. The third kappa shape index (κ3) is 5.15. The number of ether oxygens (including phenoxy) is 2. The fourth-order valence-corrected chi connectivity index (χ4v) is 4.24. The average Bonchev–Trinajstić information content (AvgIpc) is 3.09. The van der Waals surface area contributed by atoms with Crippen molar-refractivity contribution in [3.05, 3.63) is 53.6 Å². The molecule has 0 aliphatic carbocycles. The highest BCUT2D eigenvalue weighted by Crippen LogP contribution is 2.41. The van der Waals surface area contributed by atoms with Crippen LogP contribution in [-0.2, 0) is 11.2 Å². The van der Waals surface area contributed by atoms with Crippen molar-refractivity contribution in [2.45, 2.75) is 45.1 Å². The molecule has 2 aliphatic heterocycles. The first kappa shape index (κ1) is 22.0. The summed E-state index contributed by atoms with van der Waals surface area (Å²) in [6, 6.07) is 14.0. The van der Waals surface area contributed by atoms with Crippen molar-refractivity contribution in [3.8, 4) is 11.5 Å². The van der Waals surface area contributed by atoms with E-state index in [0.717, 1.165) is 41.7 Å². The van der Waals surface area contributed by atoms with Gasteiger partial charge in [0.05, 0.1) is 13.1 Å². The van der Waals surface area contributed by atoms with Crippen LogP contribution in [0.15, 0.2) is 47.5 Å². The molecule has 7 nitrogen and oxygen atoms in total. The summed E-state index contributed by atoms with van der Waals surface area (Å²) in [6.45, 7) is 8.58. The summed E-state index contributed by atoms with van der Waals surface area (Å²) in [6.07, 6.45) is 1.33. The molecule has 7 heteroatoms. The summed E-state index contributed by atoms with van der Waals surface area (Å²) in [4.78, 5) is 16.8. The fraction of sp³-hybridized carbons (Fsp3) is 0.440. The predicted octanol–water partition coefficient (Wildman–Crippen LogP) is 3.46. The van der Waals surface area contributed by atoms with E-state index in [-0.39, 0.29) is 17.4 Å². The lowest BCUT2D eigenvalue weighted by Crippen LogP contribution is -2.39. The molecule has 0 spiro atoms. The van der Waals surface area contributed by atoms with Crippen LogP contribution in [0.3, 0.4) is 0 Å². The van der Waals surface area contributed by atoms with Crippen LogP contribution >= 0.6 is 0 Å². The molecule has 32 heavy (non-hydrogen) atoms. The summed E-state index contributed by atoms with van der Waals surface area (Å²) in [5.41, 5.74) is 3.01. The molecule has 2 aromatic carbocycles. The van der Waals surface area contributed by atoms with Crippen molar-refractivity contribution < 1.29 is 14.3 Å². The van der Waals surface area contributed by atoms with Crippen molar-refractivity contribution in [1.29, 1.82) is 0 Å². The lowest BCUT2D eigenvalue weighted by molar-refractivity contribution is -0.116. The standard InChI is InChI=1S/C25H32N4O3/c1-4-26-24(28-16-18-14-22(30)29-20-10-6-5-9-19(18)20)27-12-13-31-21-11-7-8-17-15-25(2,3)32-23(17)21/h5-11,18H,4,12-16H2,1-3H3,(H,29,30)(H2,26,27,28). The number of carbonyl (C=O) groups is 1. The molecular formula is C25H32N4O3. The Morgan fingerprint density at radius 2 is 2.06 bits per heavy atom. The quantitative estimate of drug-likeness (QED) is 0.352. The van der Waals surface area contributed by atoms with Gasteiger partial charge in [0.1, 0.15) is 12.2 Å². The lowest BCUT2D eigenvalue weighted by Gasteiger charge is -2.24. The van der Waals surface area contributed by atoms with Crippen LogP contribution in [0.25, 0.3) is 0 Å². The Kier molecular flexibility index (Phi) is 6.53. The van der Waals surface area contributed by atoms with Crippen molar-refractivity contribution in [1.82, 2.24) is 10.6 Å². The van der Waals surface area contributed by atoms with Gasteiger partial charge in [-0.3, -0.25) is 9.79 Å². The van der Waals surface area contributed by atoms with Gasteiger partial charge in [0, 0.05) is 36.6 Å². The van der Waals surface area contributed by atoms with Crippen molar-refractivity contribution in [3.63, 3.8) is 0 Å². The molecule has 2 aromatic rings. The average molecular weight is 437 g/mol. The number of hydrogen-bond donors (Lipinski definition) is 3. The van der Waals surface area contributed by atoms with Gasteiger partial charge in [0.2, 0.25) is 5.91 Å². The molecule has 0 bridgehead atoms. The summed E-state index contributed by atoms with van der Waals surface area (Å²) >= 11 is 0. The molecule has 0 aromatic heterocycles. The van der Waals surface area contributed by atoms with E-state index in [1.807, 2.05) is 37.3 Å². The van der Waals surface area contributed by atoms with Crippen LogP contribution in [0.5, 0.6) is 11.5 Å². The Hall–Kier alpha value is -3.22. The molecule has 3 N–H and O–H groups in total. The number of anilines is 1. The second-order valence-electron chi connectivity index (χ2n) is 8.81. The first-order chi connectivity index (χ1) is 15.4. The number of rotatable bonds is 7. The minimum Gasteiger partial charge on any atom is -0.488 e. The predicted molar refractivity (Wildman–Crippen MR) is 127 cm³/mol. The van der Waals surface area contributed by atoms with Crippen molar-refractivity contribution in [2.24, 2.45) is 4.99 Å². The number of fused-ring (bicyclic) bond motifs is 2. The van der Waals surface area contributed by atoms with Gasteiger partial charge in [-0.1, -0.05) is 30.3 Å². The molecule has 0 fully saturated rings. The molecule has 1 unspecified atom stereocenters. The van der Waals surface area contributed by atoms with Crippen LogP contribution in [0.4, 0.5) is 5.69 Å². The molecule has 1 atom stereocenters. The van der Waals surface area contributed by atoms with Crippen molar-refractivity contribution in [2.75, 3.05) is 31.6 Å². The van der Waals surface area contributed by atoms with E-state index >= 15 is 0 Å². The van der Waals surface area contributed by atoms with Gasteiger partial charge in [0.25, 0.3) is 0 Å². The van der Waals surface area contributed by atoms with E-state index in [2.05, 4.69) is 41.9 Å². The summed E-state index contributed by atoms with van der Waals surface area (Å²) in [5.74, 6) is 2.46. The van der Waals surface area contributed by atoms with Crippen LogP contribution in [0.1, 0.15) is 44.2 Å². The first-order valence-corrected chi connectivity index (χ1v) is 11.3. The van der Waals surface area contributed by atoms with E-state index < -0.39 is 0 Å². The summed E-state index contributed by atoms with van der Waals surface area (Å²) in [5, 5.41) is 9.53. The number of hydrogen-bond acceptors (Lipinski definition) is 4. The van der Waals surface area contributed by atoms with Gasteiger partial charge in [-0.15, -0.1) is 0 Å². The van der Waals surface area contributed by atoms with Crippen LogP contribution < -0.4 is 25.4 Å². The molecule has 1 amide bonds. The van der Waals surface area contributed by atoms with E-state index in [1.165, 1.54) is 5.56 Å². The summed E-state index contributed by atoms with van der Waals surface area (Å²) in [7, 11) is 0. The minimum atomic E-state index is -0.195. The van der Waals surface area contributed by atoms with Crippen LogP contribution in [0.2, 0.25) is 0 Å². The molecular weight excluding hydrogens is 404 g/mol. The Morgan fingerprint density at radius 3 is 2.91 bits per heavy atom. The smallest absolute Gasteiger partial charge is 0.225 e. The number of guanidine groups is 1. The third-order valence-corrected chi connectivity index (χ3v) is 5.63. The largest absolute Gasteiger partial charge is 0.488 e. The van der Waals surface area contributed by atoms with E-state index in [9.17, 15) is 4.79 Å². The number of para-hydroxylation sites is 2. The highest BCUT2D eigenvalue weighted by Gasteiger charge is 2.32. The Balaban J connectivity index is 1.33. The number of carbonyl (C=O) groups excluding carboxylic acids is 1. The van der Waals surface area contributed by atoms with E-state index in [0.29, 0.717) is 26.1 Å². The van der Waals surface area contributed by atoms with Crippen LogP contribution in [0, 0.1) is 0 Å². The van der Waals surface area contributed by atoms with Crippen molar-refractivity contribution >= 4 is 17.6 Å². The molecule has 170 valence electrons. The number of nitrogens with one attached hydrogen (secondary N) is 3. The van der Waals surface area contributed by atoms with E-state index in [4.69, 9.17) is 14.5 Å². The van der Waals surface area contributed by atoms with Gasteiger partial charge in [-0.05, 0) is 38.5 Å². The molecule has 4 rings (SSSR count). The highest BCUT2D eigenvalue weighted by molar-refractivity contribution is 5.94. The Labute approximate surface area is 189 Å². The van der Waals surface area contributed by atoms with Gasteiger partial charge in [0.15, 0.2) is 17.5 Å². The number of aliphatic imine (C=N–C) groups is 1. The molecule has 0 saturated carbocycles. The Morgan fingerprint density at radius 1 is 1.22 bits per heavy atom. The second kappa shape index (κ2) is 9.51. The number of benzene rings is 2. The normalized spacial score (nSPS) is 18.8. The first-order valence-electron chi connectivity index (χ1n) is 11.3. The summed E-state index contributed by atoms with van der Waals surface area (Å²) < 4.78 is 12.1. The molecule has 0 saturated heterocycles. The zero-order valence-electron chi connectivity index (χ0n) is 19.0. The molecule has 2 aliphatic rings. The monoisotopic (exact) mass is 436 g/mol. The second-order valence-corrected chi connectivity index (χ2v) is 8.81. The maximum atomic E-state index is 12.1. The zero-order valence-corrected chi connectivity index (χ0v) is 19.0. The highest BCUT2D eigenvalue weighted by atomic mass is 16.5. The zero-order chi connectivity index (χ0) is 22.6. The molecule has 2 heterocycles. The maximum Gasteiger partial charge on any atom is 0.225 e. The van der Waals surface area contributed by atoms with Gasteiger partial charge in [-0.2, -0.15) is 0 Å². The number of nitrogens with zero attached hydrogens (tertiary/aromatic N) is 1. The maximum absolute atomic E-state index is 12.1. The lowest BCUT2D eigenvalue weighted by atomic mass is 9.91. The van der Waals surface area contributed by atoms with Gasteiger partial charge < -0.3 is 25.4 Å². The third-order valence-electron chi connectivity index (χ3n) is 5.63. The van der Waals surface area contributed by atoms with Gasteiger partial charge >= 0.3 is 0 Å². The fourth-order valence-electron chi connectivity index (χ4n) is 4.24. The van der Waals surface area contributed by atoms with Crippen LogP contribution in [-0.4, -0.2) is 43.7 Å². The molecule has 0 radical (unpaired) electrons. The van der Waals surface area contributed by atoms with E-state index in [1.54, 1.807) is 0 Å². The topological polar surface area (TPSA) is 84.0 Å². The SMILES string of the molecule is CCNC(=NCC1CC(=O)Nc2ccccc21)NCCOc1cccc2c1OC(C)(C)C2.